The average Bonchev–Trinajstić information content (AvgIpc) is 3.15. The Bertz CT molecular complexity index is 977. The molecule has 28 heavy (non-hydrogen) atoms. The molecular formula is C21H22N4O2S. The summed E-state index contributed by atoms with van der Waals surface area (Å²) in [5.41, 5.74) is 0.277. The summed E-state index contributed by atoms with van der Waals surface area (Å²) < 4.78 is 1.19. The van der Waals surface area contributed by atoms with Crippen molar-refractivity contribution in [2.75, 3.05) is 20.1 Å². The molecular weight excluding hydrogens is 372 g/mol. The molecule has 1 fully saturated rings. The fraction of sp³-hybridized carbons (Fsp3) is 0.333. The van der Waals surface area contributed by atoms with Gasteiger partial charge in [-0.15, -0.1) is 11.3 Å². The van der Waals surface area contributed by atoms with Gasteiger partial charge in [0.1, 0.15) is 0 Å². The normalized spacial score (nSPS) is 14.2. The van der Waals surface area contributed by atoms with Crippen LogP contribution < -0.4 is 0 Å². The van der Waals surface area contributed by atoms with E-state index in [1.165, 1.54) is 22.5 Å². The van der Waals surface area contributed by atoms with Gasteiger partial charge in [0, 0.05) is 42.1 Å². The van der Waals surface area contributed by atoms with Crippen LogP contribution in [0, 0.1) is 0 Å². The van der Waals surface area contributed by atoms with Crippen LogP contribution in [0.3, 0.4) is 0 Å². The first kappa shape index (κ1) is 18.6. The van der Waals surface area contributed by atoms with Gasteiger partial charge in [0.2, 0.25) is 0 Å². The molecule has 0 aliphatic carbocycles. The van der Waals surface area contributed by atoms with Gasteiger partial charge in [0.05, 0.1) is 6.54 Å². The van der Waals surface area contributed by atoms with E-state index in [0.29, 0.717) is 19.6 Å². The van der Waals surface area contributed by atoms with Crippen molar-refractivity contribution in [3.8, 4) is 0 Å². The molecule has 6 nitrogen and oxygen atoms in total. The van der Waals surface area contributed by atoms with Crippen molar-refractivity contribution in [2.24, 2.45) is 0 Å². The van der Waals surface area contributed by atoms with Crippen LogP contribution in [0.4, 0.5) is 0 Å². The summed E-state index contributed by atoms with van der Waals surface area (Å²) in [5, 5.41) is 1.17. The lowest BCUT2D eigenvalue weighted by molar-refractivity contribution is 0.0696. The van der Waals surface area contributed by atoms with Gasteiger partial charge in [0.25, 0.3) is 11.8 Å². The number of likely N-dealkylation sites (tertiary alicyclic amines) is 1. The molecule has 0 N–H and O–H groups in total. The van der Waals surface area contributed by atoms with Gasteiger partial charge in [-0.3, -0.25) is 9.59 Å². The number of carbonyl (C=O) groups is 2. The zero-order valence-electron chi connectivity index (χ0n) is 15.8. The standard InChI is InChI=1S/C21H22N4O2S/c1-24(14-16-13-15-7-3-4-8-17(15)28-16)20(26)18-19(23-10-9-22-18)21(27)25-11-5-2-6-12-25/h3-4,7-10,13H,2,5-6,11-12,14H2,1H3. The third-order valence-corrected chi connectivity index (χ3v) is 6.06. The molecule has 144 valence electrons. The van der Waals surface area contributed by atoms with Crippen molar-refractivity contribution >= 4 is 33.2 Å². The van der Waals surface area contributed by atoms with Gasteiger partial charge in [-0.1, -0.05) is 18.2 Å². The number of amides is 2. The van der Waals surface area contributed by atoms with E-state index >= 15 is 0 Å². The fourth-order valence-electron chi connectivity index (χ4n) is 3.50. The second-order valence-corrected chi connectivity index (χ2v) is 8.19. The van der Waals surface area contributed by atoms with E-state index in [9.17, 15) is 9.59 Å². The lowest BCUT2D eigenvalue weighted by Gasteiger charge is -2.27. The predicted molar refractivity (Wildman–Crippen MR) is 109 cm³/mol. The molecule has 1 saturated heterocycles. The first-order valence-corrected chi connectivity index (χ1v) is 10.3. The van der Waals surface area contributed by atoms with Crippen molar-refractivity contribution in [3.63, 3.8) is 0 Å². The van der Waals surface area contributed by atoms with Crippen molar-refractivity contribution in [1.29, 1.82) is 0 Å². The highest BCUT2D eigenvalue weighted by Gasteiger charge is 2.27. The molecule has 0 spiro atoms. The van der Waals surface area contributed by atoms with Gasteiger partial charge in [-0.2, -0.15) is 0 Å². The number of nitrogens with zero attached hydrogens (tertiary/aromatic N) is 4. The number of hydrogen-bond acceptors (Lipinski definition) is 5. The molecule has 0 saturated carbocycles. The van der Waals surface area contributed by atoms with Crippen LogP contribution in [-0.2, 0) is 6.54 Å². The minimum Gasteiger partial charge on any atom is -0.337 e. The van der Waals surface area contributed by atoms with Crippen LogP contribution in [0.2, 0.25) is 0 Å². The number of hydrogen-bond donors (Lipinski definition) is 0. The minimum atomic E-state index is -0.286. The van der Waals surface area contributed by atoms with Gasteiger partial charge < -0.3 is 9.80 Å². The molecule has 3 aromatic rings. The zero-order valence-corrected chi connectivity index (χ0v) is 16.6. The predicted octanol–water partition coefficient (Wildman–Crippen LogP) is 3.59. The summed E-state index contributed by atoms with van der Waals surface area (Å²) in [6, 6.07) is 10.3. The number of piperidine rings is 1. The molecule has 0 unspecified atom stereocenters. The third-order valence-electron chi connectivity index (χ3n) is 4.96. The number of benzene rings is 1. The summed E-state index contributed by atoms with van der Waals surface area (Å²) >= 11 is 1.67. The van der Waals surface area contributed by atoms with Gasteiger partial charge >= 0.3 is 0 Å². The lowest BCUT2D eigenvalue weighted by Crippen LogP contribution is -2.38. The van der Waals surface area contributed by atoms with Crippen molar-refractivity contribution in [2.45, 2.75) is 25.8 Å². The third kappa shape index (κ3) is 3.75. The lowest BCUT2D eigenvalue weighted by atomic mass is 10.1. The Morgan fingerprint density at radius 1 is 1.07 bits per heavy atom. The molecule has 1 aliphatic heterocycles. The van der Waals surface area contributed by atoms with E-state index in [1.807, 2.05) is 12.1 Å². The highest BCUT2D eigenvalue weighted by Crippen LogP contribution is 2.26. The van der Waals surface area contributed by atoms with E-state index in [2.05, 4.69) is 28.2 Å². The Kier molecular flexibility index (Phi) is 5.34. The Morgan fingerprint density at radius 2 is 1.79 bits per heavy atom. The van der Waals surface area contributed by atoms with E-state index in [0.717, 1.165) is 24.1 Å². The minimum absolute atomic E-state index is 0.127. The van der Waals surface area contributed by atoms with Crippen molar-refractivity contribution in [1.82, 2.24) is 19.8 Å². The Morgan fingerprint density at radius 3 is 2.54 bits per heavy atom. The SMILES string of the molecule is CN(Cc1cc2ccccc2s1)C(=O)c1nccnc1C(=O)N1CCCCC1. The van der Waals surface area contributed by atoms with Crippen LogP contribution >= 0.6 is 11.3 Å². The summed E-state index contributed by atoms with van der Waals surface area (Å²) in [4.78, 5) is 38.8. The van der Waals surface area contributed by atoms with E-state index < -0.39 is 0 Å². The first-order chi connectivity index (χ1) is 13.6. The molecule has 2 aromatic heterocycles. The summed E-state index contributed by atoms with van der Waals surface area (Å²) in [7, 11) is 1.73. The molecule has 0 bridgehead atoms. The van der Waals surface area contributed by atoms with Crippen molar-refractivity contribution in [3.05, 3.63) is 59.0 Å². The number of carbonyl (C=O) groups excluding carboxylic acids is 2. The molecule has 7 heteroatoms. The van der Waals surface area contributed by atoms with Crippen LogP contribution in [-0.4, -0.2) is 51.7 Å². The van der Waals surface area contributed by atoms with Crippen molar-refractivity contribution < 1.29 is 9.59 Å². The first-order valence-electron chi connectivity index (χ1n) is 9.46. The molecule has 2 amide bonds. The largest absolute Gasteiger partial charge is 0.337 e. The Balaban J connectivity index is 1.54. The summed E-state index contributed by atoms with van der Waals surface area (Å²) in [6.45, 7) is 1.88. The molecule has 4 rings (SSSR count). The average molecular weight is 395 g/mol. The quantitative estimate of drug-likeness (QED) is 0.678. The van der Waals surface area contributed by atoms with Crippen LogP contribution in [0.25, 0.3) is 10.1 Å². The Hall–Kier alpha value is -2.80. The molecule has 1 aliphatic rings. The molecule has 0 radical (unpaired) electrons. The maximum atomic E-state index is 13.0. The second kappa shape index (κ2) is 8.06. The van der Waals surface area contributed by atoms with Crippen LogP contribution in [0.5, 0.6) is 0 Å². The van der Waals surface area contributed by atoms with Gasteiger partial charge in [0.15, 0.2) is 11.4 Å². The topological polar surface area (TPSA) is 66.4 Å². The maximum absolute atomic E-state index is 13.0. The summed E-state index contributed by atoms with van der Waals surface area (Å²) in [5.74, 6) is -0.489. The number of fused-ring (bicyclic) bond motifs is 1. The van der Waals surface area contributed by atoms with Crippen LogP contribution in [0.15, 0.2) is 42.7 Å². The second-order valence-electron chi connectivity index (χ2n) is 7.02. The Labute approximate surface area is 167 Å². The zero-order chi connectivity index (χ0) is 19.5. The number of thiophene rings is 1. The van der Waals surface area contributed by atoms with Crippen LogP contribution in [0.1, 0.15) is 45.1 Å². The highest BCUT2D eigenvalue weighted by molar-refractivity contribution is 7.19. The molecule has 1 aromatic carbocycles. The van der Waals surface area contributed by atoms with Gasteiger partial charge in [-0.05, 0) is 36.8 Å². The monoisotopic (exact) mass is 394 g/mol. The highest BCUT2D eigenvalue weighted by atomic mass is 32.1. The maximum Gasteiger partial charge on any atom is 0.274 e. The van der Waals surface area contributed by atoms with E-state index in [-0.39, 0.29) is 23.2 Å². The van der Waals surface area contributed by atoms with E-state index in [1.54, 1.807) is 28.2 Å². The number of aromatic nitrogens is 2. The number of rotatable bonds is 4. The molecule has 0 atom stereocenters. The summed E-state index contributed by atoms with van der Waals surface area (Å²) in [6.07, 6.45) is 6.05. The van der Waals surface area contributed by atoms with Gasteiger partial charge in [-0.25, -0.2) is 9.97 Å². The van der Waals surface area contributed by atoms with E-state index in [4.69, 9.17) is 0 Å². The smallest absolute Gasteiger partial charge is 0.274 e. The molecule has 3 heterocycles. The fourth-order valence-corrected chi connectivity index (χ4v) is 4.62.